The van der Waals surface area contributed by atoms with Crippen LogP contribution in [0.1, 0.15) is 34.8 Å². The van der Waals surface area contributed by atoms with E-state index in [2.05, 4.69) is 16.0 Å². The van der Waals surface area contributed by atoms with Gasteiger partial charge in [0.15, 0.2) is 0 Å². The number of carbonyl (C=O) groups is 1. The molecule has 1 saturated heterocycles. The second-order valence-corrected chi connectivity index (χ2v) is 4.51. The Bertz CT molecular complexity index is 458. The quantitative estimate of drug-likeness (QED) is 0.639. The van der Waals surface area contributed by atoms with Crippen LogP contribution in [0.15, 0.2) is 24.3 Å². The number of ether oxygens (including phenoxy) is 1. The number of hydrogen-bond donors (Lipinski definition) is 1. The van der Waals surface area contributed by atoms with Crippen LogP contribution in [0, 0.1) is 18.3 Å². The standard InChI is InChI=1S/C15H17NO2/c1-3-11-8-9-16-14(10-11)12-4-6-13(7-5-12)15(17)18-2/h1,4-7,11,14,16H,8-10H2,2H3/t11-,14-/m0/s1. The van der Waals surface area contributed by atoms with E-state index in [1.54, 1.807) is 12.1 Å². The molecule has 94 valence electrons. The molecule has 0 aliphatic carbocycles. The highest BCUT2D eigenvalue weighted by Crippen LogP contribution is 2.26. The molecule has 0 amide bonds. The lowest BCUT2D eigenvalue weighted by Crippen LogP contribution is -2.31. The Morgan fingerprint density at radius 1 is 1.44 bits per heavy atom. The Hall–Kier alpha value is -1.79. The van der Waals surface area contributed by atoms with Crippen molar-refractivity contribution in [2.75, 3.05) is 13.7 Å². The predicted molar refractivity (Wildman–Crippen MR) is 70.1 cm³/mol. The molecule has 0 unspecified atom stereocenters. The number of nitrogens with one attached hydrogen (secondary N) is 1. The minimum Gasteiger partial charge on any atom is -0.465 e. The van der Waals surface area contributed by atoms with E-state index in [4.69, 9.17) is 6.42 Å². The minimum absolute atomic E-state index is 0.284. The van der Waals surface area contributed by atoms with E-state index < -0.39 is 0 Å². The Labute approximate surface area is 108 Å². The summed E-state index contributed by atoms with van der Waals surface area (Å²) >= 11 is 0. The van der Waals surface area contributed by atoms with Crippen molar-refractivity contribution >= 4 is 5.97 Å². The number of piperidine rings is 1. The van der Waals surface area contributed by atoms with Crippen molar-refractivity contribution in [1.82, 2.24) is 5.32 Å². The van der Waals surface area contributed by atoms with Gasteiger partial charge in [0, 0.05) is 12.0 Å². The predicted octanol–water partition coefficient (Wildman–Crippen LogP) is 2.15. The molecule has 0 bridgehead atoms. The van der Waals surface area contributed by atoms with Crippen molar-refractivity contribution < 1.29 is 9.53 Å². The largest absolute Gasteiger partial charge is 0.465 e. The molecule has 0 aromatic heterocycles. The molecule has 0 radical (unpaired) electrons. The number of terminal acetylenes is 1. The van der Waals surface area contributed by atoms with Gasteiger partial charge in [0.05, 0.1) is 12.7 Å². The Morgan fingerprint density at radius 2 is 2.17 bits per heavy atom. The van der Waals surface area contributed by atoms with Gasteiger partial charge in [-0.15, -0.1) is 12.3 Å². The van der Waals surface area contributed by atoms with E-state index in [9.17, 15) is 4.79 Å². The number of esters is 1. The molecule has 3 heteroatoms. The third-order valence-electron chi connectivity index (χ3n) is 3.37. The summed E-state index contributed by atoms with van der Waals surface area (Å²) < 4.78 is 4.67. The summed E-state index contributed by atoms with van der Waals surface area (Å²) in [5.74, 6) is 2.87. The maximum atomic E-state index is 11.3. The highest BCUT2D eigenvalue weighted by molar-refractivity contribution is 5.89. The van der Waals surface area contributed by atoms with Crippen molar-refractivity contribution in [2.24, 2.45) is 5.92 Å². The Kier molecular flexibility index (Phi) is 4.01. The first-order valence-corrected chi connectivity index (χ1v) is 6.12. The van der Waals surface area contributed by atoms with Crippen LogP contribution in [0.5, 0.6) is 0 Å². The highest BCUT2D eigenvalue weighted by atomic mass is 16.5. The van der Waals surface area contributed by atoms with E-state index in [0.717, 1.165) is 19.4 Å². The fourth-order valence-electron chi connectivity index (χ4n) is 2.29. The van der Waals surface area contributed by atoms with Gasteiger partial charge in [0.25, 0.3) is 0 Å². The molecule has 0 spiro atoms. The molecule has 2 rings (SSSR count). The third-order valence-corrected chi connectivity index (χ3v) is 3.37. The normalized spacial score (nSPS) is 23.1. The number of carbonyl (C=O) groups excluding carboxylic acids is 1. The molecule has 1 N–H and O–H groups in total. The van der Waals surface area contributed by atoms with Crippen molar-refractivity contribution in [3.05, 3.63) is 35.4 Å². The first kappa shape index (κ1) is 12.7. The summed E-state index contributed by atoms with van der Waals surface area (Å²) in [6.07, 6.45) is 7.47. The molecule has 2 atom stereocenters. The summed E-state index contributed by atoms with van der Waals surface area (Å²) in [5.41, 5.74) is 1.74. The van der Waals surface area contributed by atoms with Crippen LogP contribution < -0.4 is 5.32 Å². The SMILES string of the molecule is C#C[C@H]1CCN[C@H](c2ccc(C(=O)OC)cc2)C1. The first-order chi connectivity index (χ1) is 8.74. The lowest BCUT2D eigenvalue weighted by atomic mass is 9.89. The van der Waals surface area contributed by atoms with Crippen molar-refractivity contribution in [2.45, 2.75) is 18.9 Å². The van der Waals surface area contributed by atoms with Gasteiger partial charge in [-0.3, -0.25) is 0 Å². The van der Waals surface area contributed by atoms with Crippen LogP contribution in [0.2, 0.25) is 0 Å². The van der Waals surface area contributed by atoms with E-state index in [0.29, 0.717) is 11.5 Å². The van der Waals surface area contributed by atoms with Crippen molar-refractivity contribution in [3.8, 4) is 12.3 Å². The zero-order valence-electron chi connectivity index (χ0n) is 10.5. The van der Waals surface area contributed by atoms with Gasteiger partial charge in [-0.25, -0.2) is 4.79 Å². The summed E-state index contributed by atoms with van der Waals surface area (Å²) in [7, 11) is 1.39. The lowest BCUT2D eigenvalue weighted by Gasteiger charge is -2.28. The Morgan fingerprint density at radius 3 is 2.78 bits per heavy atom. The van der Waals surface area contributed by atoms with Gasteiger partial charge < -0.3 is 10.1 Å². The first-order valence-electron chi connectivity index (χ1n) is 6.12. The molecule has 3 nitrogen and oxygen atoms in total. The molecule has 1 aromatic carbocycles. The number of hydrogen-bond acceptors (Lipinski definition) is 3. The topological polar surface area (TPSA) is 38.3 Å². The van der Waals surface area contributed by atoms with Gasteiger partial charge in [-0.1, -0.05) is 12.1 Å². The van der Waals surface area contributed by atoms with Crippen LogP contribution in [-0.4, -0.2) is 19.6 Å². The second kappa shape index (κ2) is 5.70. The van der Waals surface area contributed by atoms with Crippen LogP contribution in [0.4, 0.5) is 0 Å². The molecule has 1 aliphatic rings. The van der Waals surface area contributed by atoms with Crippen LogP contribution in [0.3, 0.4) is 0 Å². The van der Waals surface area contributed by atoms with Gasteiger partial charge in [0.1, 0.15) is 0 Å². The summed E-state index contributed by atoms with van der Waals surface area (Å²) in [5, 5.41) is 3.45. The minimum atomic E-state index is -0.306. The highest BCUT2D eigenvalue weighted by Gasteiger charge is 2.21. The maximum Gasteiger partial charge on any atom is 0.337 e. The summed E-state index contributed by atoms with van der Waals surface area (Å²) in [6.45, 7) is 0.943. The third kappa shape index (κ3) is 2.72. The van der Waals surface area contributed by atoms with Crippen LogP contribution >= 0.6 is 0 Å². The number of benzene rings is 1. The van der Waals surface area contributed by atoms with Crippen molar-refractivity contribution in [1.29, 1.82) is 0 Å². The Balaban J connectivity index is 2.10. The maximum absolute atomic E-state index is 11.3. The molecule has 0 saturated carbocycles. The summed E-state index contributed by atoms with van der Waals surface area (Å²) in [6, 6.07) is 7.79. The van der Waals surface area contributed by atoms with Crippen molar-refractivity contribution in [3.63, 3.8) is 0 Å². The average molecular weight is 243 g/mol. The molecule has 1 heterocycles. The molecule has 18 heavy (non-hydrogen) atoms. The molecular formula is C15H17NO2. The van der Waals surface area contributed by atoms with Crippen LogP contribution in [0.25, 0.3) is 0 Å². The summed E-state index contributed by atoms with van der Waals surface area (Å²) in [4.78, 5) is 11.3. The molecule has 1 aromatic rings. The fraction of sp³-hybridized carbons (Fsp3) is 0.400. The van der Waals surface area contributed by atoms with Gasteiger partial charge >= 0.3 is 5.97 Å². The van der Waals surface area contributed by atoms with Gasteiger partial charge in [0.2, 0.25) is 0 Å². The van der Waals surface area contributed by atoms with E-state index in [-0.39, 0.29) is 12.0 Å². The van der Waals surface area contributed by atoms with Gasteiger partial charge in [-0.05, 0) is 37.1 Å². The number of rotatable bonds is 2. The van der Waals surface area contributed by atoms with E-state index in [1.165, 1.54) is 12.7 Å². The molecule has 1 fully saturated rings. The fourth-order valence-corrected chi connectivity index (χ4v) is 2.29. The van der Waals surface area contributed by atoms with Gasteiger partial charge in [-0.2, -0.15) is 0 Å². The average Bonchev–Trinajstić information content (AvgIpc) is 2.46. The molecular weight excluding hydrogens is 226 g/mol. The lowest BCUT2D eigenvalue weighted by molar-refractivity contribution is 0.0600. The second-order valence-electron chi connectivity index (χ2n) is 4.51. The monoisotopic (exact) mass is 243 g/mol. The van der Waals surface area contributed by atoms with E-state index >= 15 is 0 Å². The zero-order valence-corrected chi connectivity index (χ0v) is 10.5. The van der Waals surface area contributed by atoms with Crippen LogP contribution in [-0.2, 0) is 4.74 Å². The smallest absolute Gasteiger partial charge is 0.337 e. The van der Waals surface area contributed by atoms with E-state index in [1.807, 2.05) is 12.1 Å². The molecule has 1 aliphatic heterocycles. The number of methoxy groups -OCH3 is 1. The zero-order chi connectivity index (χ0) is 13.0.